The Kier molecular flexibility index (Phi) is 5.97. The zero-order valence-corrected chi connectivity index (χ0v) is 11.1. The molecule has 1 rings (SSSR count). The van der Waals surface area contributed by atoms with Crippen LogP contribution < -0.4 is 11.1 Å². The first-order chi connectivity index (χ1) is 8.71. The summed E-state index contributed by atoms with van der Waals surface area (Å²) in [4.78, 5) is 4.16. The Hall–Kier alpha value is -1.78. The molecule has 0 aliphatic rings. The molecule has 0 saturated heterocycles. The van der Waals surface area contributed by atoms with Crippen molar-refractivity contribution in [2.75, 3.05) is 6.54 Å². The molecule has 0 bridgehead atoms. The van der Waals surface area contributed by atoms with E-state index in [9.17, 15) is 0 Å². The maximum Gasteiger partial charge on any atom is 0.189 e. The zero-order valence-electron chi connectivity index (χ0n) is 11.1. The summed E-state index contributed by atoms with van der Waals surface area (Å²) in [5.74, 6) is 1.58. The normalized spacial score (nSPS) is 11.8. The molecule has 0 saturated carbocycles. The second kappa shape index (κ2) is 7.53. The molecule has 0 atom stereocenters. The topological polar surface area (TPSA) is 76.4 Å². The maximum atomic E-state index is 5.66. The van der Waals surface area contributed by atoms with E-state index >= 15 is 0 Å². The summed E-state index contributed by atoms with van der Waals surface area (Å²) in [6.45, 7) is 8.90. The Balaban J connectivity index is 2.56. The van der Waals surface area contributed by atoms with Crippen molar-refractivity contribution in [3.05, 3.63) is 30.2 Å². The smallest absolute Gasteiger partial charge is 0.189 e. The lowest BCUT2D eigenvalue weighted by Crippen LogP contribution is -2.31. The lowest BCUT2D eigenvalue weighted by Gasteiger charge is -2.05. The van der Waals surface area contributed by atoms with Gasteiger partial charge >= 0.3 is 0 Å². The van der Waals surface area contributed by atoms with Crippen molar-refractivity contribution in [3.63, 3.8) is 0 Å². The highest BCUT2D eigenvalue weighted by molar-refractivity contribution is 5.77. The third-order valence-electron chi connectivity index (χ3n) is 2.81. The Morgan fingerprint density at radius 3 is 2.94 bits per heavy atom. The van der Waals surface area contributed by atoms with Crippen molar-refractivity contribution < 1.29 is 4.52 Å². The van der Waals surface area contributed by atoms with Gasteiger partial charge in [-0.15, -0.1) is 6.58 Å². The van der Waals surface area contributed by atoms with Crippen LogP contribution in [0.4, 0.5) is 0 Å². The van der Waals surface area contributed by atoms with Gasteiger partial charge in [-0.2, -0.15) is 0 Å². The molecule has 0 aromatic carbocycles. The predicted molar refractivity (Wildman–Crippen MR) is 73.4 cm³/mol. The number of nitrogens with two attached hydrogens (primary N) is 1. The molecule has 1 aromatic rings. The second-order valence-electron chi connectivity index (χ2n) is 4.10. The molecule has 100 valence electrons. The molecule has 5 nitrogen and oxygen atoms in total. The first kappa shape index (κ1) is 14.3. The molecule has 1 heterocycles. The van der Waals surface area contributed by atoms with E-state index in [-0.39, 0.29) is 0 Å². The average molecular weight is 250 g/mol. The van der Waals surface area contributed by atoms with E-state index < -0.39 is 0 Å². The highest BCUT2D eigenvalue weighted by atomic mass is 16.5. The summed E-state index contributed by atoms with van der Waals surface area (Å²) in [5, 5.41) is 6.98. The Morgan fingerprint density at radius 2 is 2.33 bits per heavy atom. The molecular formula is C13H22N4O. The molecule has 18 heavy (non-hydrogen) atoms. The summed E-state index contributed by atoms with van der Waals surface area (Å²) in [5.41, 5.74) is 6.66. The minimum absolute atomic E-state index is 0.385. The monoisotopic (exact) mass is 250 g/mol. The Morgan fingerprint density at radius 1 is 1.61 bits per heavy atom. The molecule has 0 amide bonds. The molecule has 0 radical (unpaired) electrons. The van der Waals surface area contributed by atoms with Crippen LogP contribution in [0.15, 0.2) is 28.2 Å². The van der Waals surface area contributed by atoms with Gasteiger partial charge in [0.05, 0.1) is 5.69 Å². The number of nitrogens with one attached hydrogen (secondary N) is 1. The Bertz CT molecular complexity index is 393. The van der Waals surface area contributed by atoms with E-state index in [1.54, 1.807) is 6.08 Å². The van der Waals surface area contributed by atoms with Crippen LogP contribution in [0.2, 0.25) is 0 Å². The van der Waals surface area contributed by atoms with Crippen LogP contribution in [-0.4, -0.2) is 17.7 Å². The Labute approximate surface area is 108 Å². The van der Waals surface area contributed by atoms with E-state index in [0.29, 0.717) is 25.0 Å². The van der Waals surface area contributed by atoms with Gasteiger partial charge in [-0.1, -0.05) is 25.1 Å². The number of aliphatic imine (C=N–C) groups is 1. The van der Waals surface area contributed by atoms with Gasteiger partial charge in [0.2, 0.25) is 0 Å². The molecule has 3 N–H and O–H groups in total. The number of rotatable bonds is 7. The minimum Gasteiger partial charge on any atom is -0.370 e. The molecular weight excluding hydrogens is 228 g/mol. The first-order valence-corrected chi connectivity index (χ1v) is 6.31. The van der Waals surface area contributed by atoms with Crippen molar-refractivity contribution in [1.29, 1.82) is 0 Å². The third-order valence-corrected chi connectivity index (χ3v) is 2.81. The van der Waals surface area contributed by atoms with Crippen molar-refractivity contribution >= 4 is 5.96 Å². The van der Waals surface area contributed by atoms with Crippen molar-refractivity contribution in [1.82, 2.24) is 10.5 Å². The molecule has 0 spiro atoms. The highest BCUT2D eigenvalue weighted by Gasteiger charge is 2.12. The lowest BCUT2D eigenvalue weighted by atomic mass is 9.99. The lowest BCUT2D eigenvalue weighted by molar-refractivity contribution is 0.372. The zero-order chi connectivity index (χ0) is 13.4. The van der Waals surface area contributed by atoms with Gasteiger partial charge in [0.1, 0.15) is 6.54 Å². The second-order valence-corrected chi connectivity index (χ2v) is 4.10. The van der Waals surface area contributed by atoms with Crippen molar-refractivity contribution in [2.24, 2.45) is 10.7 Å². The molecule has 0 fully saturated rings. The number of aromatic nitrogens is 1. The summed E-state index contributed by atoms with van der Waals surface area (Å²) in [7, 11) is 0. The largest absolute Gasteiger partial charge is 0.370 e. The molecule has 0 unspecified atom stereocenters. The fourth-order valence-electron chi connectivity index (χ4n) is 1.70. The summed E-state index contributed by atoms with van der Waals surface area (Å²) < 4.78 is 5.24. The predicted octanol–water partition coefficient (Wildman–Crippen LogP) is 2.17. The van der Waals surface area contributed by atoms with E-state index in [2.05, 4.69) is 35.9 Å². The highest BCUT2D eigenvalue weighted by Crippen LogP contribution is 2.22. The van der Waals surface area contributed by atoms with Crippen molar-refractivity contribution in [3.8, 4) is 0 Å². The molecule has 0 aliphatic heterocycles. The van der Waals surface area contributed by atoms with Crippen LogP contribution in [0.3, 0.4) is 0 Å². The van der Waals surface area contributed by atoms with Crippen LogP contribution in [0.1, 0.15) is 44.1 Å². The van der Waals surface area contributed by atoms with E-state index in [0.717, 1.165) is 24.3 Å². The first-order valence-electron chi connectivity index (χ1n) is 6.31. The average Bonchev–Trinajstić information content (AvgIpc) is 2.84. The molecule has 0 aliphatic carbocycles. The summed E-state index contributed by atoms with van der Waals surface area (Å²) in [6, 6.07) is 1.96. The minimum atomic E-state index is 0.385. The third kappa shape index (κ3) is 4.24. The van der Waals surface area contributed by atoms with Gasteiger partial charge in [-0.3, -0.25) is 0 Å². The van der Waals surface area contributed by atoms with E-state index in [1.165, 1.54) is 0 Å². The van der Waals surface area contributed by atoms with Gasteiger partial charge in [-0.25, -0.2) is 4.99 Å². The number of hydrogen-bond donors (Lipinski definition) is 2. The van der Waals surface area contributed by atoms with Crippen LogP contribution in [-0.2, 0) is 6.54 Å². The fraction of sp³-hybridized carbons (Fsp3) is 0.538. The van der Waals surface area contributed by atoms with Crippen molar-refractivity contribution in [2.45, 2.75) is 39.2 Å². The number of hydrogen-bond acceptors (Lipinski definition) is 3. The van der Waals surface area contributed by atoms with Gasteiger partial charge in [-0.05, 0) is 12.8 Å². The van der Waals surface area contributed by atoms with E-state index in [1.807, 2.05) is 6.07 Å². The van der Waals surface area contributed by atoms with Gasteiger partial charge in [0.15, 0.2) is 11.7 Å². The number of guanidine groups is 1. The molecule has 1 aromatic heterocycles. The van der Waals surface area contributed by atoms with Crippen LogP contribution in [0.5, 0.6) is 0 Å². The SMILES string of the molecule is C=CCNC(N)=NCc1cc(C(CC)CC)no1. The standard InChI is InChI=1S/C13H22N4O/c1-4-7-15-13(14)16-9-11-8-12(17-18-11)10(5-2)6-3/h4,8,10H,1,5-7,9H2,2-3H3,(H3,14,15,16). The maximum absolute atomic E-state index is 5.66. The van der Waals surface area contributed by atoms with Crippen LogP contribution in [0, 0.1) is 0 Å². The number of nitrogens with zero attached hydrogens (tertiary/aromatic N) is 2. The molecule has 5 heteroatoms. The van der Waals surface area contributed by atoms with Crippen LogP contribution in [0.25, 0.3) is 0 Å². The fourth-order valence-corrected chi connectivity index (χ4v) is 1.70. The van der Waals surface area contributed by atoms with Crippen LogP contribution >= 0.6 is 0 Å². The van der Waals surface area contributed by atoms with Gasteiger partial charge in [0.25, 0.3) is 0 Å². The quantitative estimate of drug-likeness (QED) is 0.442. The van der Waals surface area contributed by atoms with E-state index in [4.69, 9.17) is 10.3 Å². The van der Waals surface area contributed by atoms with Gasteiger partial charge < -0.3 is 15.6 Å². The van der Waals surface area contributed by atoms with Gasteiger partial charge in [0, 0.05) is 18.5 Å². The summed E-state index contributed by atoms with van der Waals surface area (Å²) >= 11 is 0. The summed E-state index contributed by atoms with van der Waals surface area (Å²) in [6.07, 6.45) is 3.85.